The van der Waals surface area contributed by atoms with E-state index < -0.39 is 10.0 Å². The maximum Gasteiger partial charge on any atom is 0.264 e. The normalized spacial score (nSPS) is 24.4. The first-order valence-corrected chi connectivity index (χ1v) is 11.7. The number of likely N-dealkylation sites (tertiary alicyclic amines) is 1. The highest BCUT2D eigenvalue weighted by Gasteiger charge is 2.36. The van der Waals surface area contributed by atoms with Crippen LogP contribution in [0.5, 0.6) is 0 Å². The van der Waals surface area contributed by atoms with Gasteiger partial charge in [-0.3, -0.25) is 9.10 Å². The fraction of sp³-hybridized carbons (Fsp3) is 0.435. The van der Waals surface area contributed by atoms with Gasteiger partial charge in [-0.15, -0.1) is 0 Å². The number of nitrogens with zero attached hydrogens (tertiary/aromatic N) is 2. The van der Waals surface area contributed by atoms with Gasteiger partial charge >= 0.3 is 0 Å². The summed E-state index contributed by atoms with van der Waals surface area (Å²) in [6.45, 7) is 7.67. The molecule has 2 aliphatic heterocycles. The van der Waals surface area contributed by atoms with Gasteiger partial charge in [0.1, 0.15) is 0 Å². The lowest BCUT2D eigenvalue weighted by Gasteiger charge is -2.35. The van der Waals surface area contributed by atoms with E-state index in [-0.39, 0.29) is 16.8 Å². The molecule has 0 aromatic heterocycles. The second-order valence-corrected chi connectivity index (χ2v) is 10.5. The maximum absolute atomic E-state index is 13.5. The van der Waals surface area contributed by atoms with Crippen molar-refractivity contribution in [1.29, 1.82) is 0 Å². The number of rotatable bonds is 3. The molecule has 0 aliphatic carbocycles. The van der Waals surface area contributed by atoms with Gasteiger partial charge in [0.25, 0.3) is 15.9 Å². The van der Waals surface area contributed by atoms with Crippen molar-refractivity contribution < 1.29 is 13.2 Å². The van der Waals surface area contributed by atoms with E-state index in [9.17, 15) is 13.2 Å². The van der Waals surface area contributed by atoms with Crippen molar-refractivity contribution in [2.24, 2.45) is 11.8 Å². The minimum atomic E-state index is -3.75. The molecule has 0 saturated carbocycles. The minimum absolute atomic E-state index is 0.0877. The molecule has 0 bridgehead atoms. The average molecular weight is 413 g/mol. The molecular formula is C23H28N2O3S. The molecule has 4 rings (SSSR count). The third kappa shape index (κ3) is 3.66. The number of hydrogen-bond donors (Lipinski definition) is 0. The van der Waals surface area contributed by atoms with Gasteiger partial charge in [0.05, 0.1) is 10.6 Å². The summed E-state index contributed by atoms with van der Waals surface area (Å²) in [5.74, 6) is 0.823. The first kappa shape index (κ1) is 20.0. The van der Waals surface area contributed by atoms with Gasteiger partial charge in [0.2, 0.25) is 0 Å². The standard InChI is InChI=1S/C23H28N2O3S/c1-16-11-17(2)15-24(14-16)23(26)20-8-6-9-21(13-20)29(27,28)25-18(3)12-19-7-4-5-10-22(19)25/h4-10,13,16-18H,11-12,14-15H2,1-3H3/t16-,17+,18-/m0/s1. The van der Waals surface area contributed by atoms with Gasteiger partial charge in [-0.05, 0) is 61.4 Å². The van der Waals surface area contributed by atoms with E-state index in [1.165, 1.54) is 10.4 Å². The van der Waals surface area contributed by atoms with Crippen molar-refractivity contribution in [3.05, 3.63) is 59.7 Å². The van der Waals surface area contributed by atoms with Gasteiger partial charge in [0.15, 0.2) is 0 Å². The van der Waals surface area contributed by atoms with Crippen LogP contribution in [0.1, 0.15) is 43.1 Å². The molecule has 1 saturated heterocycles. The van der Waals surface area contributed by atoms with Crippen LogP contribution in [0.15, 0.2) is 53.4 Å². The van der Waals surface area contributed by atoms with Crippen molar-refractivity contribution >= 4 is 21.6 Å². The first-order chi connectivity index (χ1) is 13.8. The Morgan fingerprint density at radius 2 is 1.66 bits per heavy atom. The second kappa shape index (κ2) is 7.48. The fourth-order valence-corrected chi connectivity index (χ4v) is 6.56. The number of amides is 1. The molecule has 2 heterocycles. The molecule has 0 radical (unpaired) electrons. The number of para-hydroxylation sites is 1. The number of piperidine rings is 1. The zero-order chi connectivity index (χ0) is 20.8. The smallest absolute Gasteiger partial charge is 0.264 e. The number of benzene rings is 2. The van der Waals surface area contributed by atoms with Crippen LogP contribution in [-0.4, -0.2) is 38.4 Å². The summed E-state index contributed by atoms with van der Waals surface area (Å²) in [6.07, 6.45) is 1.81. The Morgan fingerprint density at radius 1 is 0.966 bits per heavy atom. The number of sulfonamides is 1. The Labute approximate surface area is 173 Å². The third-order valence-corrected chi connectivity index (χ3v) is 7.86. The molecule has 2 aromatic carbocycles. The lowest BCUT2D eigenvalue weighted by atomic mass is 9.91. The highest BCUT2D eigenvalue weighted by molar-refractivity contribution is 7.92. The Kier molecular flexibility index (Phi) is 5.15. The van der Waals surface area contributed by atoms with Crippen LogP contribution in [0.3, 0.4) is 0 Å². The Bertz CT molecular complexity index is 1020. The van der Waals surface area contributed by atoms with E-state index in [4.69, 9.17) is 0 Å². The van der Waals surface area contributed by atoms with E-state index in [1.807, 2.05) is 36.1 Å². The van der Waals surface area contributed by atoms with E-state index in [1.54, 1.807) is 18.2 Å². The Balaban J connectivity index is 1.66. The average Bonchev–Trinajstić information content (AvgIpc) is 3.03. The third-order valence-electron chi connectivity index (χ3n) is 5.94. The van der Waals surface area contributed by atoms with Gasteiger partial charge in [-0.1, -0.05) is 38.1 Å². The van der Waals surface area contributed by atoms with Gasteiger partial charge in [-0.2, -0.15) is 0 Å². The highest BCUT2D eigenvalue weighted by atomic mass is 32.2. The Morgan fingerprint density at radius 3 is 2.38 bits per heavy atom. The highest BCUT2D eigenvalue weighted by Crippen LogP contribution is 2.36. The zero-order valence-electron chi connectivity index (χ0n) is 17.2. The monoisotopic (exact) mass is 412 g/mol. The van der Waals surface area contributed by atoms with E-state index in [0.29, 0.717) is 23.8 Å². The van der Waals surface area contributed by atoms with Crippen LogP contribution in [0, 0.1) is 11.8 Å². The van der Waals surface area contributed by atoms with Crippen LogP contribution >= 0.6 is 0 Å². The van der Waals surface area contributed by atoms with E-state index in [2.05, 4.69) is 13.8 Å². The summed E-state index contributed by atoms with van der Waals surface area (Å²) in [6, 6.07) is 14.0. The van der Waals surface area contributed by atoms with Crippen LogP contribution in [0.25, 0.3) is 0 Å². The largest absolute Gasteiger partial charge is 0.338 e. The van der Waals surface area contributed by atoms with Crippen LogP contribution < -0.4 is 4.31 Å². The van der Waals surface area contributed by atoms with Gasteiger partial charge in [-0.25, -0.2) is 8.42 Å². The number of hydrogen-bond acceptors (Lipinski definition) is 3. The Hall–Kier alpha value is -2.34. The van der Waals surface area contributed by atoms with Crippen molar-refractivity contribution in [2.75, 3.05) is 17.4 Å². The van der Waals surface area contributed by atoms with Crippen molar-refractivity contribution in [3.63, 3.8) is 0 Å². The molecule has 0 unspecified atom stereocenters. The summed E-state index contributed by atoms with van der Waals surface area (Å²) in [4.78, 5) is 15.1. The lowest BCUT2D eigenvalue weighted by molar-refractivity contribution is 0.0623. The molecular weight excluding hydrogens is 384 g/mol. The minimum Gasteiger partial charge on any atom is -0.338 e. The molecule has 6 heteroatoms. The predicted octanol–water partition coefficient (Wildman–Crippen LogP) is 3.94. The predicted molar refractivity (Wildman–Crippen MR) is 115 cm³/mol. The molecule has 5 nitrogen and oxygen atoms in total. The molecule has 29 heavy (non-hydrogen) atoms. The molecule has 3 atom stereocenters. The summed E-state index contributed by atoms with van der Waals surface area (Å²) in [7, 11) is -3.75. The number of anilines is 1. The van der Waals surface area contributed by atoms with Crippen molar-refractivity contribution in [1.82, 2.24) is 4.90 Å². The topological polar surface area (TPSA) is 57.7 Å². The van der Waals surface area contributed by atoms with E-state index >= 15 is 0 Å². The first-order valence-electron chi connectivity index (χ1n) is 10.3. The van der Waals surface area contributed by atoms with Crippen molar-refractivity contribution in [2.45, 2.75) is 44.6 Å². The van der Waals surface area contributed by atoms with Gasteiger partial charge < -0.3 is 4.90 Å². The quantitative estimate of drug-likeness (QED) is 0.767. The molecule has 0 N–H and O–H groups in total. The van der Waals surface area contributed by atoms with Crippen molar-refractivity contribution in [3.8, 4) is 0 Å². The lowest BCUT2D eigenvalue weighted by Crippen LogP contribution is -2.42. The van der Waals surface area contributed by atoms with Gasteiger partial charge in [0, 0.05) is 24.7 Å². The second-order valence-electron chi connectivity index (χ2n) is 8.67. The summed E-state index contributed by atoms with van der Waals surface area (Å²) in [5, 5.41) is 0. The summed E-state index contributed by atoms with van der Waals surface area (Å²) < 4.78 is 28.4. The molecule has 1 amide bonds. The SMILES string of the molecule is C[C@@H]1C[C@H](C)CN(C(=O)c2cccc(S(=O)(=O)N3c4ccccc4C[C@@H]3C)c2)C1. The van der Waals surface area contributed by atoms with Crippen LogP contribution in [0.2, 0.25) is 0 Å². The van der Waals surface area contributed by atoms with E-state index in [0.717, 1.165) is 30.8 Å². The number of carbonyl (C=O) groups excluding carboxylic acids is 1. The molecule has 154 valence electrons. The zero-order valence-corrected chi connectivity index (χ0v) is 18.0. The maximum atomic E-state index is 13.5. The molecule has 2 aromatic rings. The molecule has 2 aliphatic rings. The molecule has 0 spiro atoms. The van der Waals surface area contributed by atoms with Crippen LogP contribution in [0.4, 0.5) is 5.69 Å². The number of fused-ring (bicyclic) bond motifs is 1. The summed E-state index contributed by atoms with van der Waals surface area (Å²) >= 11 is 0. The fourth-order valence-electron chi connectivity index (χ4n) is 4.82. The summed E-state index contributed by atoms with van der Waals surface area (Å²) in [5.41, 5.74) is 2.20. The van der Waals surface area contributed by atoms with Crippen LogP contribution in [-0.2, 0) is 16.4 Å². The number of carbonyl (C=O) groups is 1. The molecule has 1 fully saturated rings.